The van der Waals surface area contributed by atoms with E-state index < -0.39 is 0 Å². The maximum absolute atomic E-state index is 11.6. The van der Waals surface area contributed by atoms with Gasteiger partial charge in [0, 0.05) is 16.2 Å². The van der Waals surface area contributed by atoms with Gasteiger partial charge in [-0.2, -0.15) is 10.1 Å². The molecule has 0 radical (unpaired) electrons. The van der Waals surface area contributed by atoms with Crippen molar-refractivity contribution in [3.8, 4) is 0 Å². The summed E-state index contributed by atoms with van der Waals surface area (Å²) < 4.78 is 0.525. The summed E-state index contributed by atoms with van der Waals surface area (Å²) in [5.41, 5.74) is 1.29. The van der Waals surface area contributed by atoms with E-state index in [-0.39, 0.29) is 5.91 Å². The van der Waals surface area contributed by atoms with Crippen LogP contribution in [0.4, 0.5) is 0 Å². The highest BCUT2D eigenvalue weighted by Gasteiger charge is 2.25. The maximum Gasteiger partial charge on any atom is 0.259 e. The summed E-state index contributed by atoms with van der Waals surface area (Å²) in [7, 11) is 0. The van der Waals surface area contributed by atoms with E-state index in [4.69, 9.17) is 12.2 Å². The van der Waals surface area contributed by atoms with Gasteiger partial charge in [0.2, 0.25) is 0 Å². The summed E-state index contributed by atoms with van der Waals surface area (Å²) in [5.74, 6) is 0.335. The van der Waals surface area contributed by atoms with Gasteiger partial charge < -0.3 is 0 Å². The molecule has 2 heterocycles. The number of nitrogens with zero attached hydrogens (tertiary/aromatic N) is 2. The van der Waals surface area contributed by atoms with Gasteiger partial charge in [-0.3, -0.25) is 4.79 Å². The van der Waals surface area contributed by atoms with E-state index in [1.54, 1.807) is 17.6 Å². The first-order valence-corrected chi connectivity index (χ1v) is 8.60. The van der Waals surface area contributed by atoms with Crippen LogP contribution in [0, 0.1) is 0 Å². The van der Waals surface area contributed by atoms with Crippen molar-refractivity contribution in [1.82, 2.24) is 5.01 Å². The number of hydrogen-bond acceptors (Lipinski definition) is 5. The average molecular weight is 332 g/mol. The lowest BCUT2D eigenvalue weighted by molar-refractivity contribution is -0.123. The molecule has 0 unspecified atom stereocenters. The van der Waals surface area contributed by atoms with E-state index in [1.807, 2.05) is 24.3 Å². The smallest absolute Gasteiger partial charge is 0.259 e. The molecule has 1 aliphatic heterocycles. The Morgan fingerprint density at radius 2 is 2.05 bits per heavy atom. The molecule has 0 spiro atoms. The summed E-state index contributed by atoms with van der Waals surface area (Å²) >= 11 is 8.11. The van der Waals surface area contributed by atoms with Gasteiger partial charge in [-0.05, 0) is 17.7 Å². The Labute approximate surface area is 136 Å². The van der Waals surface area contributed by atoms with Gasteiger partial charge in [-0.25, -0.2) is 0 Å². The van der Waals surface area contributed by atoms with Crippen LogP contribution in [0.15, 0.2) is 47.6 Å². The van der Waals surface area contributed by atoms with Crippen LogP contribution >= 0.6 is 35.3 Å². The van der Waals surface area contributed by atoms with Crippen molar-refractivity contribution in [2.45, 2.75) is 6.42 Å². The first kappa shape index (κ1) is 14.4. The lowest BCUT2D eigenvalue weighted by Crippen LogP contribution is -2.22. The highest BCUT2D eigenvalue weighted by molar-refractivity contribution is 8.23. The zero-order valence-electron chi connectivity index (χ0n) is 11.1. The van der Waals surface area contributed by atoms with Crippen molar-refractivity contribution in [3.63, 3.8) is 0 Å². The van der Waals surface area contributed by atoms with E-state index in [1.165, 1.54) is 27.2 Å². The first-order chi connectivity index (χ1) is 10.2. The van der Waals surface area contributed by atoms with E-state index in [0.717, 1.165) is 11.3 Å². The second-order valence-corrected chi connectivity index (χ2v) is 7.28. The molecule has 21 heavy (non-hydrogen) atoms. The van der Waals surface area contributed by atoms with E-state index in [9.17, 15) is 4.79 Å². The van der Waals surface area contributed by atoms with E-state index in [0.29, 0.717) is 10.1 Å². The number of carbonyl (C=O) groups excluding carboxylic acids is 1. The number of benzene rings is 1. The van der Waals surface area contributed by atoms with Crippen LogP contribution in [-0.2, 0) is 11.2 Å². The highest BCUT2D eigenvalue weighted by atomic mass is 32.2. The maximum atomic E-state index is 11.6. The topological polar surface area (TPSA) is 32.7 Å². The molecule has 6 heteroatoms. The molecule has 0 N–H and O–H groups in total. The summed E-state index contributed by atoms with van der Waals surface area (Å²) in [6.07, 6.45) is 2.62. The van der Waals surface area contributed by atoms with Gasteiger partial charge in [-0.1, -0.05) is 54.3 Å². The number of rotatable bonds is 4. The number of carbonyl (C=O) groups is 1. The summed E-state index contributed by atoms with van der Waals surface area (Å²) in [5, 5.41) is 5.49. The zero-order valence-corrected chi connectivity index (χ0v) is 13.5. The summed E-state index contributed by atoms with van der Waals surface area (Å²) in [6, 6.07) is 14.5. The molecule has 3 nitrogen and oxygen atoms in total. The zero-order chi connectivity index (χ0) is 14.7. The standard InChI is InChI=1S/C15H12N2OS3/c18-14-10-20-15(19)17(14)16-9-13-7-6-12(21-13)8-11-4-2-1-3-5-11/h1-7,9H,8,10H2/b16-9-. The van der Waals surface area contributed by atoms with Gasteiger partial charge >= 0.3 is 0 Å². The predicted molar refractivity (Wildman–Crippen MR) is 93.1 cm³/mol. The van der Waals surface area contributed by atoms with Crippen LogP contribution in [-0.4, -0.2) is 27.2 Å². The average Bonchev–Trinajstić information content (AvgIpc) is 3.06. The third-order valence-electron chi connectivity index (χ3n) is 2.93. The molecule has 0 aliphatic carbocycles. The number of thiophene rings is 1. The molecule has 106 valence electrons. The lowest BCUT2D eigenvalue weighted by atomic mass is 10.1. The van der Waals surface area contributed by atoms with Crippen LogP contribution in [0.3, 0.4) is 0 Å². The normalized spacial score (nSPS) is 15.3. The molecule has 2 aromatic rings. The fourth-order valence-electron chi connectivity index (χ4n) is 1.93. The Morgan fingerprint density at radius 1 is 1.24 bits per heavy atom. The van der Waals surface area contributed by atoms with Gasteiger partial charge in [0.25, 0.3) is 5.91 Å². The fraction of sp³-hybridized carbons (Fsp3) is 0.133. The third-order valence-corrected chi connectivity index (χ3v) is 5.29. The molecule has 1 aromatic carbocycles. The minimum atomic E-state index is -0.0534. The highest BCUT2D eigenvalue weighted by Crippen LogP contribution is 2.21. The van der Waals surface area contributed by atoms with Gasteiger partial charge in [0.15, 0.2) is 4.32 Å². The molecule has 1 aliphatic rings. The van der Waals surface area contributed by atoms with Gasteiger partial charge in [0.1, 0.15) is 0 Å². The van der Waals surface area contributed by atoms with E-state index >= 15 is 0 Å². The van der Waals surface area contributed by atoms with Crippen LogP contribution < -0.4 is 0 Å². The molecule has 1 aromatic heterocycles. The summed E-state index contributed by atoms with van der Waals surface area (Å²) in [4.78, 5) is 13.9. The van der Waals surface area contributed by atoms with Crippen LogP contribution in [0.25, 0.3) is 0 Å². The van der Waals surface area contributed by atoms with Gasteiger partial charge in [0.05, 0.1) is 12.0 Å². The van der Waals surface area contributed by atoms with Crippen molar-refractivity contribution in [3.05, 3.63) is 57.8 Å². The predicted octanol–water partition coefficient (Wildman–Crippen LogP) is 3.53. The Hall–Kier alpha value is -1.50. The van der Waals surface area contributed by atoms with Crippen molar-refractivity contribution in [2.24, 2.45) is 5.10 Å². The Morgan fingerprint density at radius 3 is 2.76 bits per heavy atom. The number of amides is 1. The number of thiocarbonyl (C=S) groups is 1. The van der Waals surface area contributed by atoms with Crippen LogP contribution in [0.2, 0.25) is 0 Å². The molecule has 1 amide bonds. The SMILES string of the molecule is O=C1CSC(=S)N1/N=C\c1ccc(Cc2ccccc2)s1. The van der Waals surface area contributed by atoms with Crippen molar-refractivity contribution >= 4 is 51.8 Å². The second kappa shape index (κ2) is 6.51. The Bertz CT molecular complexity index is 678. The second-order valence-electron chi connectivity index (χ2n) is 4.47. The molecule has 1 fully saturated rings. The third kappa shape index (κ3) is 3.58. The molecule has 0 atom stereocenters. The Balaban J connectivity index is 1.68. The quantitative estimate of drug-likeness (QED) is 0.634. The molecule has 0 saturated carbocycles. The molecule has 3 rings (SSSR count). The van der Waals surface area contributed by atoms with E-state index in [2.05, 4.69) is 23.3 Å². The largest absolute Gasteiger partial charge is 0.272 e. The van der Waals surface area contributed by atoms with Crippen molar-refractivity contribution in [2.75, 3.05) is 5.75 Å². The lowest BCUT2D eigenvalue weighted by Gasteiger charge is -2.05. The fourth-order valence-corrected chi connectivity index (χ4v) is 3.81. The monoisotopic (exact) mass is 332 g/mol. The minimum Gasteiger partial charge on any atom is -0.272 e. The molecular formula is C15H12N2OS3. The molecular weight excluding hydrogens is 320 g/mol. The number of hydrazone groups is 1. The molecule has 1 saturated heterocycles. The van der Waals surface area contributed by atoms with Gasteiger partial charge in [-0.15, -0.1) is 11.3 Å². The number of thioether (sulfide) groups is 1. The number of hydrogen-bond donors (Lipinski definition) is 0. The van der Waals surface area contributed by atoms with Crippen LogP contribution in [0.5, 0.6) is 0 Å². The Kier molecular flexibility index (Phi) is 4.48. The van der Waals surface area contributed by atoms with Crippen LogP contribution in [0.1, 0.15) is 15.3 Å². The van der Waals surface area contributed by atoms with Crippen molar-refractivity contribution in [1.29, 1.82) is 0 Å². The first-order valence-electron chi connectivity index (χ1n) is 6.39. The van der Waals surface area contributed by atoms with Crippen molar-refractivity contribution < 1.29 is 4.79 Å². The molecule has 0 bridgehead atoms. The summed E-state index contributed by atoms with van der Waals surface area (Å²) in [6.45, 7) is 0. The minimum absolute atomic E-state index is 0.0534.